The number of oxazole rings is 3. The minimum atomic E-state index is 0.324. The molecular weight excluding hydrogens is 1060 g/mol. The lowest BCUT2D eigenvalue weighted by Crippen LogP contribution is -1.94. The van der Waals surface area contributed by atoms with E-state index in [1.54, 1.807) is 90.6 Å². The van der Waals surface area contributed by atoms with Crippen LogP contribution in [0.25, 0.3) is 0 Å². The minimum Gasteiger partial charge on any atom is -0.452 e. The molecule has 2 aliphatic heterocycles. The predicted molar refractivity (Wildman–Crippen MR) is 357 cm³/mol. The van der Waals surface area contributed by atoms with Crippen molar-refractivity contribution in [3.05, 3.63) is 158 Å². The highest BCUT2D eigenvalue weighted by molar-refractivity contribution is 7.10. The molecule has 2 unspecified atom stereocenters. The largest absolute Gasteiger partial charge is 0.452 e. The van der Waals surface area contributed by atoms with Crippen LogP contribution >= 0.6 is 34.0 Å². The van der Waals surface area contributed by atoms with E-state index in [0.717, 1.165) is 41.1 Å². The maximum Gasteiger partial charge on any atom is 0.190 e. The molecule has 13 nitrogen and oxygen atoms in total. The molecule has 16 heteroatoms. The van der Waals surface area contributed by atoms with Gasteiger partial charge in [0.05, 0.1) is 34.9 Å². The van der Waals surface area contributed by atoms with Gasteiger partial charge in [-0.1, -0.05) is 155 Å². The third-order valence-electron chi connectivity index (χ3n) is 6.78. The molecule has 10 rings (SSSR count). The summed E-state index contributed by atoms with van der Waals surface area (Å²) < 4.78 is 23.7. The van der Waals surface area contributed by atoms with Crippen molar-refractivity contribution in [3.63, 3.8) is 0 Å². The topological polar surface area (TPSA) is 164 Å². The van der Waals surface area contributed by atoms with Crippen molar-refractivity contribution in [3.8, 4) is 0 Å². The molecule has 1 fully saturated rings. The maximum absolute atomic E-state index is 5.15. The van der Waals surface area contributed by atoms with Crippen molar-refractivity contribution in [2.75, 3.05) is 6.61 Å². The number of thiophene rings is 2. The maximum atomic E-state index is 5.15. The van der Waals surface area contributed by atoms with Crippen LogP contribution in [0.15, 0.2) is 137 Å². The summed E-state index contributed by atoms with van der Waals surface area (Å²) in [5.41, 5.74) is 4.50. The van der Waals surface area contributed by atoms with Crippen LogP contribution in [0.3, 0.4) is 0 Å². The van der Waals surface area contributed by atoms with Crippen LogP contribution in [0.1, 0.15) is 216 Å². The second kappa shape index (κ2) is 92.9. The predicted octanol–water partition coefficient (Wildman–Crippen LogP) is 23.0. The Morgan fingerprint density at radius 3 is 1.34 bits per heavy atom. The van der Waals surface area contributed by atoms with E-state index in [2.05, 4.69) is 106 Å². The number of thiazole rings is 1. The fourth-order valence-electron chi connectivity index (χ4n) is 3.64. The Balaban J connectivity index is -0.0000000822. The second-order valence-corrected chi connectivity index (χ2v) is 15.7. The molecule has 8 aromatic heterocycles. The number of ether oxygens (including phenoxy) is 1. The van der Waals surface area contributed by atoms with Crippen molar-refractivity contribution in [1.29, 1.82) is 0 Å². The standard InChI is InChI=1S/C5H7N.C5H10O.2C5H6S.4C4H5NO.C4H7NO.C4H5NS.10C2H6/c1-5-2-3-6-4-5;1-5-3-2-4-6-5;1-5-2-3-6-4-5;1-5-3-2-4-6-5;1-4-2-6-3-5-4;1-4-2-5-3-6-4;1-4-5-2-3-6-4;1-4-2-3-6-5-4;1-4-2-3-5-6-4;1-4-5-2-3-6-4;10*1-2/h2-4,6H,1H3;5H,2-4H2,1H3;2*2-4H,1H3;4*2-3H,1H3;3-4H,2H2,1H3;2-3H,1H3;10*1-2H3. The van der Waals surface area contributed by atoms with Crippen molar-refractivity contribution < 1.29 is 27.3 Å². The number of aromatic nitrogens is 6. The highest BCUT2D eigenvalue weighted by atomic mass is 32.1. The Morgan fingerprint density at radius 1 is 0.588 bits per heavy atom. The summed E-state index contributed by atoms with van der Waals surface area (Å²) >= 11 is 5.18. The monoisotopic (exact) mass is 1180 g/mol. The average Bonchev–Trinajstić information content (AvgIpc) is 4.32. The van der Waals surface area contributed by atoms with Crippen molar-refractivity contribution in [1.82, 2.24) is 30.1 Å². The summed E-state index contributed by atoms with van der Waals surface area (Å²) in [5, 5.41) is 16.5. The molecule has 0 aliphatic carbocycles. The smallest absolute Gasteiger partial charge is 0.190 e. The molecule has 8 aromatic rings. The van der Waals surface area contributed by atoms with Gasteiger partial charge in [-0.05, 0) is 121 Å². The number of H-pyrrole nitrogens is 1. The quantitative estimate of drug-likeness (QED) is 0.154. The minimum absolute atomic E-state index is 0.324. The normalized spacial score (nSPS) is 10.9. The Labute approximate surface area is 504 Å². The molecule has 0 bridgehead atoms. The van der Waals surface area contributed by atoms with E-state index in [0.29, 0.717) is 12.2 Å². The van der Waals surface area contributed by atoms with Crippen LogP contribution in [0.5, 0.6) is 0 Å². The van der Waals surface area contributed by atoms with E-state index in [4.69, 9.17) is 18.4 Å². The third-order valence-corrected chi connectivity index (χ3v) is 9.09. The summed E-state index contributed by atoms with van der Waals surface area (Å²) in [6.07, 6.45) is 22.6. The molecule has 1 saturated heterocycles. The van der Waals surface area contributed by atoms with Gasteiger partial charge in [0.2, 0.25) is 0 Å². The van der Waals surface area contributed by atoms with Crippen LogP contribution in [-0.2, 0) is 9.57 Å². The first kappa shape index (κ1) is 96.8. The van der Waals surface area contributed by atoms with Gasteiger partial charge in [-0.3, -0.25) is 4.98 Å². The highest BCUT2D eigenvalue weighted by Gasteiger charge is 2.07. The van der Waals surface area contributed by atoms with Gasteiger partial charge in [-0.15, -0.1) is 22.7 Å². The van der Waals surface area contributed by atoms with E-state index >= 15 is 0 Å². The van der Waals surface area contributed by atoms with Gasteiger partial charge in [0.15, 0.2) is 18.7 Å². The van der Waals surface area contributed by atoms with Crippen LogP contribution in [0, 0.1) is 55.4 Å². The number of aromatic amines is 1. The number of nitrogens with one attached hydrogen (secondary N) is 1. The summed E-state index contributed by atoms with van der Waals surface area (Å²) in [7, 11) is 0. The van der Waals surface area contributed by atoms with Gasteiger partial charge >= 0.3 is 0 Å². The van der Waals surface area contributed by atoms with Crippen molar-refractivity contribution in [2.24, 2.45) is 5.16 Å². The van der Waals surface area contributed by atoms with E-state index in [-0.39, 0.29) is 0 Å². The molecule has 1 N–H and O–H groups in total. The first-order valence-electron chi connectivity index (χ1n) is 29.1. The lowest BCUT2D eigenvalue weighted by molar-refractivity contribution is 0.0996. The van der Waals surface area contributed by atoms with E-state index < -0.39 is 0 Å². The molecule has 466 valence electrons. The van der Waals surface area contributed by atoms with Gasteiger partial charge < -0.3 is 32.3 Å². The molecule has 0 saturated carbocycles. The fraction of sp³-hybridized carbons (Fsp3) is 0.562. The first-order chi connectivity index (χ1) is 38.9. The number of nitrogens with zero attached hydrogens (tertiary/aromatic N) is 6. The molecule has 2 atom stereocenters. The zero-order chi connectivity index (χ0) is 64.1. The van der Waals surface area contributed by atoms with E-state index in [9.17, 15) is 0 Å². The van der Waals surface area contributed by atoms with Gasteiger partial charge in [0.25, 0.3) is 0 Å². The number of rotatable bonds is 0. The third kappa shape index (κ3) is 89.2. The highest BCUT2D eigenvalue weighted by Crippen LogP contribution is 2.09. The molecule has 80 heavy (non-hydrogen) atoms. The number of oxime groups is 1. The van der Waals surface area contributed by atoms with Crippen molar-refractivity contribution in [2.45, 2.75) is 239 Å². The fourth-order valence-corrected chi connectivity index (χ4v) is 5.27. The zero-order valence-electron chi connectivity index (χ0n) is 56.4. The van der Waals surface area contributed by atoms with Gasteiger partial charge in [-0.25, -0.2) is 15.0 Å². The van der Waals surface area contributed by atoms with E-state index in [1.165, 1.54) is 41.6 Å². The molecule has 2 aliphatic rings. The van der Waals surface area contributed by atoms with Gasteiger partial charge in [0.1, 0.15) is 30.7 Å². The average molecular weight is 1180 g/mol. The molecule has 0 amide bonds. The molecule has 10 heterocycles. The SMILES string of the molecule is CC.CC.CC.CC.CC.CC.CC.CC.CC.CC.CC1CC=NO1.CC1CCCO1.Cc1cc[nH]c1.Cc1cccs1.Cc1ccon1.Cc1ccsc1.Cc1cnco1.Cc1cocn1.Cc1ncco1.Cc1nccs1. The van der Waals surface area contributed by atoms with Crippen LogP contribution < -0.4 is 0 Å². The molecular formula is C64H121N7O6S3. The summed E-state index contributed by atoms with van der Waals surface area (Å²) in [6.45, 7) is 60.8. The van der Waals surface area contributed by atoms with Gasteiger partial charge in [0, 0.05) is 61.1 Å². The summed E-state index contributed by atoms with van der Waals surface area (Å²) in [6, 6.07) is 10.1. The van der Waals surface area contributed by atoms with Crippen LogP contribution in [0.4, 0.5) is 0 Å². The lowest BCUT2D eigenvalue weighted by Gasteiger charge is -1.94. The van der Waals surface area contributed by atoms with Crippen LogP contribution in [-0.4, -0.2) is 55.1 Å². The van der Waals surface area contributed by atoms with E-state index in [1.807, 2.05) is 197 Å². The number of aryl methyl sites for hydroxylation is 8. The Bertz CT molecular complexity index is 1570. The molecule has 0 aromatic carbocycles. The zero-order valence-corrected chi connectivity index (χ0v) is 58.8. The first-order valence-corrected chi connectivity index (χ1v) is 31.8. The molecule has 0 spiro atoms. The Kier molecular flexibility index (Phi) is 112. The number of hydrogen-bond acceptors (Lipinski definition) is 15. The Hall–Kier alpha value is -5.42. The Morgan fingerprint density at radius 2 is 1.21 bits per heavy atom. The summed E-state index contributed by atoms with van der Waals surface area (Å²) in [5.74, 6) is 1.57. The van der Waals surface area contributed by atoms with Crippen LogP contribution in [0.2, 0.25) is 0 Å². The number of hydrogen-bond donors (Lipinski definition) is 1. The van der Waals surface area contributed by atoms with Crippen molar-refractivity contribution >= 4 is 40.2 Å². The second-order valence-electron chi connectivity index (χ2n) is 12.7. The summed E-state index contributed by atoms with van der Waals surface area (Å²) in [4.78, 5) is 24.1. The lowest BCUT2D eigenvalue weighted by atomic mass is 10.3. The van der Waals surface area contributed by atoms with Gasteiger partial charge in [-0.2, -0.15) is 11.3 Å². The molecule has 0 radical (unpaired) electrons.